The van der Waals surface area contributed by atoms with Gasteiger partial charge in [0.05, 0.1) is 24.0 Å². The quantitative estimate of drug-likeness (QED) is 0.289. The molecule has 5 rings (SSSR count). The number of anilines is 2. The maximum Gasteiger partial charge on any atom is 0.417 e. The monoisotopic (exact) mass is 510 g/mol. The number of aromatic nitrogens is 2. The van der Waals surface area contributed by atoms with Gasteiger partial charge in [-0.1, -0.05) is 18.2 Å². The second-order valence-corrected chi connectivity index (χ2v) is 8.47. The number of ether oxygens (including phenoxy) is 1. The van der Waals surface area contributed by atoms with Crippen molar-refractivity contribution >= 4 is 28.3 Å². The molecule has 1 atom stereocenters. The molecule has 2 N–H and O–H groups in total. The third-order valence-corrected chi connectivity index (χ3v) is 6.00. The molecule has 1 saturated heterocycles. The van der Waals surface area contributed by atoms with Crippen molar-refractivity contribution in [3.8, 4) is 11.3 Å². The van der Waals surface area contributed by atoms with Crippen LogP contribution >= 0.6 is 0 Å². The molecule has 0 spiro atoms. The number of carbonyl (C=O) groups excluding carboxylic acids is 1. The number of nitrogens with one attached hydrogen (secondary N) is 2. The minimum atomic E-state index is -4.54. The molecule has 1 aliphatic rings. The third kappa shape index (κ3) is 4.95. The number of Topliss-reactive ketones (excluding diaryl/α,β-unsaturated/α-hetero) is 1. The maximum atomic E-state index is 13.5. The number of carbonyl (C=O) groups is 1. The van der Waals surface area contributed by atoms with E-state index < -0.39 is 29.3 Å². The summed E-state index contributed by atoms with van der Waals surface area (Å²) in [6.45, 7) is 2.82. The van der Waals surface area contributed by atoms with Crippen molar-refractivity contribution in [1.82, 2.24) is 15.3 Å². The van der Waals surface area contributed by atoms with Crippen LogP contribution in [0.2, 0.25) is 0 Å². The molecular weight excluding hydrogens is 489 g/mol. The summed E-state index contributed by atoms with van der Waals surface area (Å²) in [5.74, 6) is -0.182. The summed E-state index contributed by atoms with van der Waals surface area (Å²) in [6.07, 6.45) is -3.88. The summed E-state index contributed by atoms with van der Waals surface area (Å²) in [6, 6.07) is 11.5. The van der Waals surface area contributed by atoms with Crippen LogP contribution in [-0.4, -0.2) is 35.4 Å². The SMILES string of the molecule is CC(=O)c1c(C2CNCCO2)c2ccc(Nc3cc(-c4ccccc4C(F)(F)F)ncn3)cc2oc1=O. The Kier molecular flexibility index (Phi) is 6.48. The van der Waals surface area contributed by atoms with Gasteiger partial charge in [0.15, 0.2) is 5.78 Å². The highest BCUT2D eigenvalue weighted by Crippen LogP contribution is 2.37. The number of ketones is 1. The number of fused-ring (bicyclic) bond motifs is 1. The van der Waals surface area contributed by atoms with E-state index in [-0.39, 0.29) is 28.2 Å². The Balaban J connectivity index is 1.53. The molecule has 0 saturated carbocycles. The van der Waals surface area contributed by atoms with Crippen molar-refractivity contribution in [3.05, 3.63) is 82.0 Å². The molecule has 3 heterocycles. The van der Waals surface area contributed by atoms with Gasteiger partial charge in [-0.2, -0.15) is 13.2 Å². The minimum Gasteiger partial charge on any atom is -0.422 e. The molecule has 0 amide bonds. The molecule has 2 aromatic heterocycles. The van der Waals surface area contributed by atoms with Gasteiger partial charge in [0.1, 0.15) is 23.3 Å². The first-order chi connectivity index (χ1) is 17.7. The van der Waals surface area contributed by atoms with E-state index in [1.54, 1.807) is 18.2 Å². The predicted molar refractivity (Wildman–Crippen MR) is 130 cm³/mol. The summed E-state index contributed by atoms with van der Waals surface area (Å²) >= 11 is 0. The number of halogens is 3. The van der Waals surface area contributed by atoms with E-state index in [1.165, 1.54) is 31.2 Å². The molecule has 4 aromatic rings. The highest BCUT2D eigenvalue weighted by Gasteiger charge is 2.33. The van der Waals surface area contributed by atoms with Crippen LogP contribution in [0.3, 0.4) is 0 Å². The lowest BCUT2D eigenvalue weighted by Crippen LogP contribution is -2.35. The molecule has 2 aromatic carbocycles. The molecule has 1 aliphatic heterocycles. The fourth-order valence-corrected chi connectivity index (χ4v) is 4.40. The summed E-state index contributed by atoms with van der Waals surface area (Å²) in [5, 5.41) is 6.76. The van der Waals surface area contributed by atoms with Crippen molar-refractivity contribution in [2.45, 2.75) is 19.2 Å². The van der Waals surface area contributed by atoms with Crippen LogP contribution in [0.4, 0.5) is 24.7 Å². The molecular formula is C26H21F3N4O4. The second-order valence-electron chi connectivity index (χ2n) is 8.47. The Morgan fingerprint density at radius 1 is 1.14 bits per heavy atom. The highest BCUT2D eigenvalue weighted by molar-refractivity contribution is 6.00. The lowest BCUT2D eigenvalue weighted by atomic mass is 9.96. The Morgan fingerprint density at radius 3 is 2.68 bits per heavy atom. The molecule has 0 radical (unpaired) electrons. The number of morpholine rings is 1. The van der Waals surface area contributed by atoms with Crippen molar-refractivity contribution in [3.63, 3.8) is 0 Å². The summed E-state index contributed by atoms with van der Waals surface area (Å²) < 4.78 is 51.7. The van der Waals surface area contributed by atoms with E-state index in [9.17, 15) is 22.8 Å². The number of hydrogen-bond donors (Lipinski definition) is 2. The van der Waals surface area contributed by atoms with Gasteiger partial charge >= 0.3 is 11.8 Å². The largest absolute Gasteiger partial charge is 0.422 e. The molecule has 0 bridgehead atoms. The summed E-state index contributed by atoms with van der Waals surface area (Å²) in [4.78, 5) is 33.1. The van der Waals surface area contributed by atoms with E-state index in [0.717, 1.165) is 12.4 Å². The van der Waals surface area contributed by atoms with Crippen molar-refractivity contribution in [2.24, 2.45) is 0 Å². The molecule has 0 aliphatic carbocycles. The van der Waals surface area contributed by atoms with Gasteiger partial charge < -0.3 is 19.8 Å². The molecule has 8 nitrogen and oxygen atoms in total. The summed E-state index contributed by atoms with van der Waals surface area (Å²) in [5.41, 5.74) is -0.457. The van der Waals surface area contributed by atoms with Gasteiger partial charge in [-0.25, -0.2) is 14.8 Å². The van der Waals surface area contributed by atoms with Crippen molar-refractivity contribution < 1.29 is 27.1 Å². The lowest BCUT2D eigenvalue weighted by Gasteiger charge is -2.26. The average molecular weight is 510 g/mol. The zero-order valence-electron chi connectivity index (χ0n) is 19.6. The van der Waals surface area contributed by atoms with Crippen LogP contribution in [0.5, 0.6) is 0 Å². The number of nitrogens with zero attached hydrogens (tertiary/aromatic N) is 2. The Hall–Kier alpha value is -4.09. The molecule has 1 unspecified atom stereocenters. The molecule has 190 valence electrons. The Morgan fingerprint density at radius 2 is 1.95 bits per heavy atom. The summed E-state index contributed by atoms with van der Waals surface area (Å²) in [7, 11) is 0. The first kappa shape index (κ1) is 24.6. The van der Waals surface area contributed by atoms with Crippen LogP contribution in [-0.2, 0) is 10.9 Å². The van der Waals surface area contributed by atoms with Gasteiger partial charge in [0.2, 0.25) is 0 Å². The number of alkyl halides is 3. The third-order valence-electron chi connectivity index (χ3n) is 6.00. The first-order valence-electron chi connectivity index (χ1n) is 11.4. The van der Waals surface area contributed by atoms with Crippen LogP contribution in [0, 0.1) is 0 Å². The van der Waals surface area contributed by atoms with Crippen LogP contribution in [0.1, 0.15) is 34.5 Å². The zero-order chi connectivity index (χ0) is 26.2. The first-order valence-corrected chi connectivity index (χ1v) is 11.4. The fourth-order valence-electron chi connectivity index (χ4n) is 4.40. The van der Waals surface area contributed by atoms with Gasteiger partial charge in [-0.15, -0.1) is 0 Å². The lowest BCUT2D eigenvalue weighted by molar-refractivity contribution is -0.137. The number of benzene rings is 2. The topological polar surface area (TPSA) is 106 Å². The van der Waals surface area contributed by atoms with Gasteiger partial charge in [0, 0.05) is 47.4 Å². The van der Waals surface area contributed by atoms with E-state index in [2.05, 4.69) is 20.6 Å². The zero-order valence-corrected chi connectivity index (χ0v) is 19.6. The Bertz CT molecular complexity index is 1550. The highest BCUT2D eigenvalue weighted by atomic mass is 19.4. The fraction of sp³-hybridized carbons (Fsp3) is 0.231. The van der Waals surface area contributed by atoms with Crippen molar-refractivity contribution in [2.75, 3.05) is 25.0 Å². The normalized spacial score (nSPS) is 16.1. The minimum absolute atomic E-state index is 0.0503. The molecule has 11 heteroatoms. The smallest absolute Gasteiger partial charge is 0.417 e. The van der Waals surface area contributed by atoms with Gasteiger partial charge in [-0.05, 0) is 25.1 Å². The van der Waals surface area contributed by atoms with Crippen LogP contribution in [0.15, 0.2) is 64.1 Å². The second kappa shape index (κ2) is 9.75. The average Bonchev–Trinajstić information content (AvgIpc) is 2.88. The van der Waals surface area contributed by atoms with Crippen LogP contribution < -0.4 is 16.3 Å². The van der Waals surface area contributed by atoms with E-state index in [0.29, 0.717) is 36.3 Å². The molecule has 1 fully saturated rings. The van der Waals surface area contributed by atoms with Crippen LogP contribution in [0.25, 0.3) is 22.2 Å². The van der Waals surface area contributed by atoms with E-state index >= 15 is 0 Å². The molecule has 37 heavy (non-hydrogen) atoms. The van der Waals surface area contributed by atoms with E-state index in [1.807, 2.05) is 0 Å². The van der Waals surface area contributed by atoms with Gasteiger partial charge in [-0.3, -0.25) is 4.79 Å². The maximum absolute atomic E-state index is 13.5. The standard InChI is InChI=1S/C26H21F3N4O4/c1-14(34)23-24(21-12-30-8-9-36-21)17-7-6-15(10-20(17)37-25(23)35)33-22-11-19(31-13-32-22)16-4-2-3-5-18(16)26(27,28)29/h2-7,10-11,13,21,30H,8-9,12H2,1H3,(H,31,32,33). The predicted octanol–water partition coefficient (Wildman–Crippen LogP) is 4.88. The Labute approximate surface area is 208 Å². The number of hydrogen-bond acceptors (Lipinski definition) is 8. The van der Waals surface area contributed by atoms with E-state index in [4.69, 9.17) is 9.15 Å². The van der Waals surface area contributed by atoms with Crippen molar-refractivity contribution in [1.29, 1.82) is 0 Å². The number of rotatable bonds is 5. The van der Waals surface area contributed by atoms with Gasteiger partial charge in [0.25, 0.3) is 0 Å².